The number of hydrogen-bond acceptors (Lipinski definition) is 2. The maximum absolute atomic E-state index is 4.38. The summed E-state index contributed by atoms with van der Waals surface area (Å²) in [6.45, 7) is 5.37. The van der Waals surface area contributed by atoms with Gasteiger partial charge in [-0.2, -0.15) is 0 Å². The van der Waals surface area contributed by atoms with Gasteiger partial charge >= 0.3 is 0 Å². The molecule has 0 amide bonds. The molecule has 2 nitrogen and oxygen atoms in total. The zero-order valence-electron chi connectivity index (χ0n) is 12.3. The third-order valence-corrected chi connectivity index (χ3v) is 3.88. The molecule has 104 valence electrons. The van der Waals surface area contributed by atoms with E-state index in [1.165, 1.54) is 35.1 Å². The minimum atomic E-state index is 0.580. The fraction of sp³-hybridized carbons (Fsp3) is 0.389. The highest BCUT2D eigenvalue weighted by atomic mass is 14.9. The van der Waals surface area contributed by atoms with Crippen molar-refractivity contribution in [2.75, 3.05) is 0 Å². The van der Waals surface area contributed by atoms with Crippen LogP contribution < -0.4 is 5.32 Å². The molecule has 1 aromatic carbocycles. The molecule has 0 spiro atoms. The first-order valence-electron chi connectivity index (χ1n) is 7.50. The fourth-order valence-electron chi connectivity index (χ4n) is 2.35. The number of pyridine rings is 1. The molecule has 0 radical (unpaired) electrons. The number of aromatic nitrogens is 1. The molecule has 1 fully saturated rings. The van der Waals surface area contributed by atoms with Crippen LogP contribution in [0.5, 0.6) is 0 Å². The van der Waals surface area contributed by atoms with Crippen LogP contribution in [-0.2, 0) is 6.54 Å². The summed E-state index contributed by atoms with van der Waals surface area (Å²) < 4.78 is 0. The highest BCUT2D eigenvalue weighted by Gasteiger charge is 2.19. The third-order valence-electron chi connectivity index (χ3n) is 3.88. The van der Waals surface area contributed by atoms with Crippen molar-refractivity contribution in [1.82, 2.24) is 10.3 Å². The van der Waals surface area contributed by atoms with Crippen molar-refractivity contribution >= 4 is 0 Å². The summed E-state index contributed by atoms with van der Waals surface area (Å²) in [5.41, 5.74) is 5.10. The number of benzene rings is 1. The van der Waals surface area contributed by atoms with Crippen LogP contribution in [0.4, 0.5) is 0 Å². The van der Waals surface area contributed by atoms with E-state index in [1.54, 1.807) is 0 Å². The van der Waals surface area contributed by atoms with Crippen molar-refractivity contribution in [2.24, 2.45) is 0 Å². The first-order chi connectivity index (χ1) is 9.72. The van der Waals surface area contributed by atoms with Crippen LogP contribution >= 0.6 is 0 Å². The highest BCUT2D eigenvalue weighted by Crippen LogP contribution is 2.23. The number of hydrogen-bond donors (Lipinski definition) is 1. The SMILES string of the molecule is CC(C)c1ccc(-c2cncc(CNC3CC3)c2)cc1. The van der Waals surface area contributed by atoms with E-state index in [4.69, 9.17) is 0 Å². The zero-order valence-corrected chi connectivity index (χ0v) is 12.3. The van der Waals surface area contributed by atoms with E-state index in [-0.39, 0.29) is 0 Å². The standard InChI is InChI=1S/C18H22N2/c1-13(2)15-3-5-16(6-4-15)17-9-14(10-19-12-17)11-20-18-7-8-18/h3-6,9-10,12-13,18,20H,7-8,11H2,1-2H3. The van der Waals surface area contributed by atoms with Gasteiger partial charge in [0, 0.05) is 30.5 Å². The van der Waals surface area contributed by atoms with Gasteiger partial charge in [-0.25, -0.2) is 0 Å². The number of nitrogens with zero attached hydrogens (tertiary/aromatic N) is 1. The van der Waals surface area contributed by atoms with Crippen molar-refractivity contribution in [1.29, 1.82) is 0 Å². The van der Waals surface area contributed by atoms with Crippen molar-refractivity contribution in [2.45, 2.75) is 45.2 Å². The second-order valence-corrected chi connectivity index (χ2v) is 6.01. The van der Waals surface area contributed by atoms with Crippen LogP contribution in [0.15, 0.2) is 42.7 Å². The lowest BCUT2D eigenvalue weighted by molar-refractivity contribution is 0.686. The topological polar surface area (TPSA) is 24.9 Å². The first-order valence-corrected chi connectivity index (χ1v) is 7.50. The summed E-state index contributed by atoms with van der Waals surface area (Å²) >= 11 is 0. The van der Waals surface area contributed by atoms with Gasteiger partial charge in [0.1, 0.15) is 0 Å². The number of nitrogens with one attached hydrogen (secondary N) is 1. The Morgan fingerprint density at radius 1 is 1.10 bits per heavy atom. The van der Waals surface area contributed by atoms with Crippen LogP contribution in [0.2, 0.25) is 0 Å². The van der Waals surface area contributed by atoms with Gasteiger partial charge in [0.05, 0.1) is 0 Å². The minimum Gasteiger partial charge on any atom is -0.310 e. The summed E-state index contributed by atoms with van der Waals surface area (Å²) in [6.07, 6.45) is 6.56. The minimum absolute atomic E-state index is 0.580. The maximum atomic E-state index is 4.38. The molecule has 0 bridgehead atoms. The lowest BCUT2D eigenvalue weighted by Crippen LogP contribution is -2.15. The Labute approximate surface area is 121 Å². The van der Waals surface area contributed by atoms with Crippen LogP contribution in [0, 0.1) is 0 Å². The second-order valence-electron chi connectivity index (χ2n) is 6.01. The maximum Gasteiger partial charge on any atom is 0.0346 e. The summed E-state index contributed by atoms with van der Waals surface area (Å²) in [5, 5.41) is 3.54. The first kappa shape index (κ1) is 13.3. The lowest BCUT2D eigenvalue weighted by atomic mass is 9.99. The summed E-state index contributed by atoms with van der Waals surface area (Å²) in [6, 6.07) is 11.8. The molecular formula is C18H22N2. The van der Waals surface area contributed by atoms with E-state index >= 15 is 0 Å². The molecule has 1 heterocycles. The Kier molecular flexibility index (Phi) is 3.83. The monoisotopic (exact) mass is 266 g/mol. The molecule has 3 rings (SSSR count). The van der Waals surface area contributed by atoms with Gasteiger partial charge in [-0.05, 0) is 41.5 Å². The quantitative estimate of drug-likeness (QED) is 0.880. The third kappa shape index (κ3) is 3.26. The van der Waals surface area contributed by atoms with Gasteiger partial charge in [-0.1, -0.05) is 38.1 Å². The van der Waals surface area contributed by atoms with Crippen LogP contribution in [0.25, 0.3) is 11.1 Å². The van der Waals surface area contributed by atoms with Gasteiger partial charge in [0.25, 0.3) is 0 Å². The lowest BCUT2D eigenvalue weighted by Gasteiger charge is -2.08. The predicted octanol–water partition coefficient (Wildman–Crippen LogP) is 4.12. The second kappa shape index (κ2) is 5.76. The normalized spacial score (nSPS) is 14.8. The molecule has 0 atom stereocenters. The summed E-state index contributed by atoms with van der Waals surface area (Å²) in [7, 11) is 0. The molecule has 1 aliphatic carbocycles. The van der Waals surface area contributed by atoms with Gasteiger partial charge in [-0.3, -0.25) is 4.98 Å². The van der Waals surface area contributed by atoms with E-state index in [2.05, 4.69) is 54.5 Å². The van der Waals surface area contributed by atoms with Crippen molar-refractivity contribution in [3.63, 3.8) is 0 Å². The molecule has 1 N–H and O–H groups in total. The Morgan fingerprint density at radius 2 is 1.85 bits per heavy atom. The van der Waals surface area contributed by atoms with Crippen LogP contribution in [0.3, 0.4) is 0 Å². The largest absolute Gasteiger partial charge is 0.310 e. The molecule has 1 saturated carbocycles. The predicted molar refractivity (Wildman–Crippen MR) is 83.6 cm³/mol. The van der Waals surface area contributed by atoms with Crippen LogP contribution in [0.1, 0.15) is 43.7 Å². The molecule has 1 aliphatic rings. The Bertz CT molecular complexity index is 568. The van der Waals surface area contributed by atoms with E-state index in [0.29, 0.717) is 5.92 Å². The molecule has 20 heavy (non-hydrogen) atoms. The molecule has 1 aromatic heterocycles. The average molecular weight is 266 g/mol. The molecule has 0 unspecified atom stereocenters. The Balaban J connectivity index is 1.76. The Morgan fingerprint density at radius 3 is 2.50 bits per heavy atom. The molecule has 0 aliphatic heterocycles. The van der Waals surface area contributed by atoms with Crippen molar-refractivity contribution < 1.29 is 0 Å². The fourth-order valence-corrected chi connectivity index (χ4v) is 2.35. The van der Waals surface area contributed by atoms with Gasteiger partial charge in [0.2, 0.25) is 0 Å². The molecule has 2 aromatic rings. The van der Waals surface area contributed by atoms with E-state index in [0.717, 1.165) is 12.6 Å². The van der Waals surface area contributed by atoms with E-state index in [1.807, 2.05) is 12.4 Å². The smallest absolute Gasteiger partial charge is 0.0346 e. The molecular weight excluding hydrogens is 244 g/mol. The van der Waals surface area contributed by atoms with Gasteiger partial charge < -0.3 is 5.32 Å². The van der Waals surface area contributed by atoms with E-state index < -0.39 is 0 Å². The van der Waals surface area contributed by atoms with Crippen molar-refractivity contribution in [3.05, 3.63) is 53.9 Å². The highest BCUT2D eigenvalue weighted by molar-refractivity contribution is 5.63. The molecule has 0 saturated heterocycles. The Hall–Kier alpha value is -1.67. The van der Waals surface area contributed by atoms with Gasteiger partial charge in [-0.15, -0.1) is 0 Å². The summed E-state index contributed by atoms with van der Waals surface area (Å²) in [5.74, 6) is 0.580. The van der Waals surface area contributed by atoms with Crippen LogP contribution in [-0.4, -0.2) is 11.0 Å². The number of rotatable bonds is 5. The zero-order chi connectivity index (χ0) is 13.9. The van der Waals surface area contributed by atoms with Gasteiger partial charge in [0.15, 0.2) is 0 Å². The van der Waals surface area contributed by atoms with E-state index in [9.17, 15) is 0 Å². The average Bonchev–Trinajstić information content (AvgIpc) is 3.30. The molecule has 2 heteroatoms. The van der Waals surface area contributed by atoms with Crippen molar-refractivity contribution in [3.8, 4) is 11.1 Å². The summed E-state index contributed by atoms with van der Waals surface area (Å²) in [4.78, 5) is 4.38.